The SMILES string of the molecule is CCc1c(F)ccc2cc(O)cc(-c3ncc4c(NCc5cn(C(=O)N(C)C)nc5N)nc(OC[C@@]56CCCN5C[C@H](F)C6)nc4c3F)c12. The van der Waals surface area contributed by atoms with Crippen LogP contribution in [0.5, 0.6) is 11.8 Å². The first-order chi connectivity index (χ1) is 23.5. The molecule has 12 nitrogen and oxygen atoms in total. The van der Waals surface area contributed by atoms with Gasteiger partial charge in [-0.25, -0.2) is 18.0 Å². The van der Waals surface area contributed by atoms with Crippen LogP contribution in [0.25, 0.3) is 32.9 Å². The van der Waals surface area contributed by atoms with Crippen molar-refractivity contribution in [3.05, 3.63) is 59.4 Å². The number of amides is 1. The lowest BCUT2D eigenvalue weighted by Crippen LogP contribution is -2.43. The molecule has 2 aliphatic rings. The topological polar surface area (TPSA) is 148 Å². The van der Waals surface area contributed by atoms with Crippen molar-refractivity contribution in [1.29, 1.82) is 0 Å². The van der Waals surface area contributed by atoms with Crippen LogP contribution in [0.4, 0.5) is 29.6 Å². The van der Waals surface area contributed by atoms with Crippen molar-refractivity contribution in [2.24, 2.45) is 0 Å². The second kappa shape index (κ2) is 12.4. The van der Waals surface area contributed by atoms with Gasteiger partial charge in [0, 0.05) is 57.1 Å². The van der Waals surface area contributed by atoms with Gasteiger partial charge in [-0.05, 0) is 60.3 Å². The fourth-order valence-corrected chi connectivity index (χ4v) is 7.14. The minimum Gasteiger partial charge on any atom is -0.508 e. The maximum atomic E-state index is 16.8. The summed E-state index contributed by atoms with van der Waals surface area (Å²) in [6.45, 7) is 3.06. The van der Waals surface area contributed by atoms with Gasteiger partial charge in [-0.3, -0.25) is 9.88 Å². The quantitative estimate of drug-likeness (QED) is 0.199. The molecule has 49 heavy (non-hydrogen) atoms. The number of nitrogens with two attached hydrogens (primary N) is 1. The molecule has 1 amide bonds. The molecule has 7 rings (SSSR count). The van der Waals surface area contributed by atoms with Crippen LogP contribution in [0, 0.1) is 11.6 Å². The molecule has 3 aromatic heterocycles. The van der Waals surface area contributed by atoms with Crippen molar-refractivity contribution in [1.82, 2.24) is 34.5 Å². The predicted octanol–water partition coefficient (Wildman–Crippen LogP) is 5.27. The third-order valence-electron chi connectivity index (χ3n) is 9.50. The van der Waals surface area contributed by atoms with Crippen LogP contribution >= 0.6 is 0 Å². The van der Waals surface area contributed by atoms with Crippen molar-refractivity contribution in [2.75, 3.05) is 44.8 Å². The number of hydrogen-bond donors (Lipinski definition) is 3. The monoisotopic (exact) mass is 675 g/mol. The first kappa shape index (κ1) is 32.4. The van der Waals surface area contributed by atoms with Gasteiger partial charge in [0.05, 0.1) is 10.9 Å². The summed E-state index contributed by atoms with van der Waals surface area (Å²) >= 11 is 0. The highest BCUT2D eigenvalue weighted by atomic mass is 19.1. The number of aryl methyl sites for hydroxylation is 1. The number of rotatable bonds is 8. The van der Waals surface area contributed by atoms with Gasteiger partial charge in [0.2, 0.25) is 0 Å². The summed E-state index contributed by atoms with van der Waals surface area (Å²) in [5, 5.41) is 19.0. The average molecular weight is 676 g/mol. The van der Waals surface area contributed by atoms with Crippen LogP contribution in [-0.2, 0) is 13.0 Å². The van der Waals surface area contributed by atoms with Crippen molar-refractivity contribution < 1.29 is 27.8 Å². The van der Waals surface area contributed by atoms with Gasteiger partial charge in [0.1, 0.15) is 41.4 Å². The van der Waals surface area contributed by atoms with E-state index in [0.29, 0.717) is 41.3 Å². The Hall–Kier alpha value is -5.18. The second-order valence-corrected chi connectivity index (χ2v) is 12.9. The molecule has 0 radical (unpaired) electrons. The Bertz CT molecular complexity index is 2110. The molecule has 0 spiro atoms. The standard InChI is InChI=1S/C34H36F3N9O3/c1-4-22-25(36)7-6-18-10-21(47)11-23(26(18)22)28-27(37)29-24(14-39-28)31(40-13-19-15-46(43-30(19)38)33(48)44(2)3)42-32(41-29)49-17-34-8-5-9-45(34)16-20(35)12-34/h6-7,10-11,14-15,20,47H,4-5,8-9,12-13,16-17H2,1-3H3,(H2,38,43)(H,40,41,42)/t20-,34+/m1/s1. The summed E-state index contributed by atoms with van der Waals surface area (Å²) in [6.07, 6.45) is 4.23. The van der Waals surface area contributed by atoms with Crippen LogP contribution in [0.15, 0.2) is 36.7 Å². The second-order valence-electron chi connectivity index (χ2n) is 12.9. The first-order valence-electron chi connectivity index (χ1n) is 16.1. The van der Waals surface area contributed by atoms with Gasteiger partial charge in [0.15, 0.2) is 11.6 Å². The van der Waals surface area contributed by atoms with E-state index in [1.807, 2.05) is 0 Å². The molecule has 2 aromatic carbocycles. The largest absolute Gasteiger partial charge is 0.508 e. The summed E-state index contributed by atoms with van der Waals surface area (Å²) in [5.74, 6) is -1.15. The highest BCUT2D eigenvalue weighted by molar-refractivity contribution is 6.01. The lowest BCUT2D eigenvalue weighted by molar-refractivity contribution is 0.107. The number of benzene rings is 2. The van der Waals surface area contributed by atoms with Crippen molar-refractivity contribution in [3.8, 4) is 23.0 Å². The Labute approximate surface area is 279 Å². The van der Waals surface area contributed by atoms with Crippen LogP contribution < -0.4 is 15.8 Å². The lowest BCUT2D eigenvalue weighted by atomic mass is 9.94. The van der Waals surface area contributed by atoms with Gasteiger partial charge in [0.25, 0.3) is 0 Å². The van der Waals surface area contributed by atoms with Crippen molar-refractivity contribution >= 4 is 39.3 Å². The molecule has 2 aliphatic heterocycles. The van der Waals surface area contributed by atoms with E-state index in [4.69, 9.17) is 10.5 Å². The number of alkyl halides is 1. The summed E-state index contributed by atoms with van der Waals surface area (Å²) in [6, 6.07) is 5.15. The molecule has 0 saturated carbocycles. The van der Waals surface area contributed by atoms with Crippen LogP contribution in [-0.4, -0.2) is 91.2 Å². The normalized spacial score (nSPS) is 19.1. The predicted molar refractivity (Wildman–Crippen MR) is 178 cm³/mol. The zero-order valence-corrected chi connectivity index (χ0v) is 27.3. The summed E-state index contributed by atoms with van der Waals surface area (Å²) in [4.78, 5) is 29.3. The van der Waals surface area contributed by atoms with E-state index in [-0.39, 0.29) is 58.7 Å². The molecule has 0 aliphatic carbocycles. The van der Waals surface area contributed by atoms with Crippen molar-refractivity contribution in [3.63, 3.8) is 0 Å². The Morgan fingerprint density at radius 1 is 1.24 bits per heavy atom. The molecule has 2 fully saturated rings. The summed E-state index contributed by atoms with van der Waals surface area (Å²) < 4.78 is 53.5. The lowest BCUT2D eigenvalue weighted by Gasteiger charge is -2.30. The molecule has 2 atom stereocenters. The fourth-order valence-electron chi connectivity index (χ4n) is 7.14. The van der Waals surface area contributed by atoms with Gasteiger partial charge in [-0.1, -0.05) is 13.0 Å². The molecule has 5 heterocycles. The molecular weight excluding hydrogens is 639 g/mol. The number of carbonyl (C=O) groups excluding carboxylic acids is 1. The minimum absolute atomic E-state index is 0.0546. The van der Waals surface area contributed by atoms with Crippen molar-refractivity contribution in [2.45, 2.75) is 50.9 Å². The summed E-state index contributed by atoms with van der Waals surface area (Å²) in [7, 11) is 3.18. The number of fused-ring (bicyclic) bond motifs is 3. The Kier molecular flexibility index (Phi) is 8.17. The highest BCUT2D eigenvalue weighted by Crippen LogP contribution is 2.41. The van der Waals surface area contributed by atoms with E-state index in [1.54, 1.807) is 21.0 Å². The van der Waals surface area contributed by atoms with Gasteiger partial charge in [-0.15, -0.1) is 5.10 Å². The molecule has 0 unspecified atom stereocenters. The van der Waals surface area contributed by atoms with E-state index in [1.165, 1.54) is 41.6 Å². The Balaban J connectivity index is 1.32. The number of nitrogens with zero attached hydrogens (tertiary/aromatic N) is 7. The highest BCUT2D eigenvalue weighted by Gasteiger charge is 2.49. The Morgan fingerprint density at radius 3 is 2.84 bits per heavy atom. The summed E-state index contributed by atoms with van der Waals surface area (Å²) in [5.41, 5.74) is 6.37. The number of ether oxygens (including phenoxy) is 1. The number of hydrogen-bond acceptors (Lipinski definition) is 10. The van der Waals surface area contributed by atoms with Gasteiger partial charge >= 0.3 is 12.0 Å². The maximum absolute atomic E-state index is 16.8. The number of aromatic hydroxyl groups is 1. The molecule has 4 N–H and O–H groups in total. The van der Waals surface area contributed by atoms with Crippen LogP contribution in [0.3, 0.4) is 0 Å². The molecule has 15 heteroatoms. The zero-order chi connectivity index (χ0) is 34.6. The molecule has 0 bridgehead atoms. The van der Waals surface area contributed by atoms with Gasteiger partial charge in [-0.2, -0.15) is 14.6 Å². The third-order valence-corrected chi connectivity index (χ3v) is 9.50. The van der Waals surface area contributed by atoms with Crippen LogP contribution in [0.1, 0.15) is 37.3 Å². The van der Waals surface area contributed by atoms with Gasteiger partial charge < -0.3 is 25.8 Å². The number of phenols is 1. The minimum atomic E-state index is -0.967. The number of anilines is 2. The van der Waals surface area contributed by atoms with E-state index in [2.05, 4.69) is 30.3 Å². The first-order valence-corrected chi connectivity index (χ1v) is 16.1. The van der Waals surface area contributed by atoms with E-state index >= 15 is 4.39 Å². The number of halogens is 3. The van der Waals surface area contributed by atoms with Crippen LogP contribution in [0.2, 0.25) is 0 Å². The number of aromatic nitrogens is 5. The smallest absolute Gasteiger partial charge is 0.344 e. The van der Waals surface area contributed by atoms with E-state index in [9.17, 15) is 18.7 Å². The number of carbonyl (C=O) groups is 1. The van der Waals surface area contributed by atoms with E-state index < -0.39 is 29.4 Å². The number of nitrogens with one attached hydrogen (secondary N) is 1. The number of pyridine rings is 1. The fraction of sp³-hybridized carbons (Fsp3) is 0.382. The maximum Gasteiger partial charge on any atom is 0.344 e. The third kappa shape index (κ3) is 5.71. The molecule has 5 aromatic rings. The zero-order valence-electron chi connectivity index (χ0n) is 27.3. The molecular formula is C34H36F3N9O3. The molecule has 256 valence electrons. The average Bonchev–Trinajstić information content (AvgIpc) is 3.73. The van der Waals surface area contributed by atoms with E-state index in [0.717, 1.165) is 24.1 Å². The number of nitrogen functional groups attached to an aromatic ring is 1. The molecule has 2 saturated heterocycles. The number of phenolic OH excluding ortho intramolecular Hbond substituents is 1. The Morgan fingerprint density at radius 2 is 2.06 bits per heavy atom.